The van der Waals surface area contributed by atoms with Crippen molar-refractivity contribution in [3.05, 3.63) is 29.3 Å². The first-order valence-electron chi connectivity index (χ1n) is 9.08. The number of rotatable bonds is 2. The number of hydrogen-bond donors (Lipinski definition) is 2. The molecule has 6 nitrogen and oxygen atoms in total. The number of aliphatic hydroxyl groups excluding tert-OH is 1. The fraction of sp³-hybridized carbons (Fsp3) is 0.632. The summed E-state index contributed by atoms with van der Waals surface area (Å²) < 4.78 is 5.50. The number of hydrogen-bond acceptors (Lipinski definition) is 5. The van der Waals surface area contributed by atoms with Crippen LogP contribution in [0.25, 0.3) is 0 Å². The van der Waals surface area contributed by atoms with E-state index in [-0.39, 0.29) is 18.7 Å². The summed E-state index contributed by atoms with van der Waals surface area (Å²) in [6.45, 7) is 10.1. The van der Waals surface area contributed by atoms with Crippen LogP contribution in [0.3, 0.4) is 0 Å². The number of piperazine rings is 1. The van der Waals surface area contributed by atoms with E-state index in [1.807, 2.05) is 20.8 Å². The summed E-state index contributed by atoms with van der Waals surface area (Å²) >= 11 is 0. The minimum Gasteiger partial charge on any atom is -0.444 e. The molecular weight excluding hydrogens is 318 g/mol. The van der Waals surface area contributed by atoms with Crippen molar-refractivity contribution in [1.82, 2.24) is 10.2 Å². The van der Waals surface area contributed by atoms with E-state index < -0.39 is 5.60 Å². The minimum absolute atomic E-state index is 0.0980. The fourth-order valence-corrected chi connectivity index (χ4v) is 3.55. The predicted octanol–water partition coefficient (Wildman–Crippen LogP) is 1.92. The number of nitrogens with zero attached hydrogens (tertiary/aromatic N) is 2. The molecule has 1 atom stereocenters. The van der Waals surface area contributed by atoms with Crippen LogP contribution in [-0.4, -0.2) is 61.0 Å². The molecule has 25 heavy (non-hydrogen) atoms. The van der Waals surface area contributed by atoms with Crippen LogP contribution < -0.4 is 10.2 Å². The van der Waals surface area contributed by atoms with Gasteiger partial charge in [0.25, 0.3) is 0 Å². The molecule has 0 saturated carbocycles. The fourth-order valence-electron chi connectivity index (χ4n) is 3.55. The van der Waals surface area contributed by atoms with Crippen LogP contribution in [-0.2, 0) is 11.2 Å². The molecule has 1 aromatic rings. The third kappa shape index (κ3) is 4.07. The van der Waals surface area contributed by atoms with Gasteiger partial charge in [0.15, 0.2) is 0 Å². The molecule has 1 saturated heterocycles. The topological polar surface area (TPSA) is 65.0 Å². The Morgan fingerprint density at radius 1 is 1.28 bits per heavy atom. The van der Waals surface area contributed by atoms with Gasteiger partial charge in [-0.2, -0.15) is 0 Å². The Morgan fingerprint density at radius 2 is 2.00 bits per heavy atom. The molecular formula is C19H29N3O3. The summed E-state index contributed by atoms with van der Waals surface area (Å²) in [6, 6.07) is 6.04. The summed E-state index contributed by atoms with van der Waals surface area (Å²) in [7, 11) is 0. The highest BCUT2D eigenvalue weighted by Gasteiger charge is 2.33. The lowest BCUT2D eigenvalue weighted by atomic mass is 9.92. The van der Waals surface area contributed by atoms with Crippen molar-refractivity contribution in [2.24, 2.45) is 0 Å². The number of carbonyl (C=O) groups excluding carboxylic acids is 1. The molecule has 3 rings (SSSR count). The first-order valence-corrected chi connectivity index (χ1v) is 9.08. The Labute approximate surface area is 149 Å². The first-order chi connectivity index (χ1) is 11.9. The van der Waals surface area contributed by atoms with Crippen molar-refractivity contribution in [3.63, 3.8) is 0 Å². The van der Waals surface area contributed by atoms with E-state index in [9.17, 15) is 9.90 Å². The zero-order valence-electron chi connectivity index (χ0n) is 15.4. The molecule has 0 bridgehead atoms. The quantitative estimate of drug-likeness (QED) is 0.856. The zero-order chi connectivity index (χ0) is 18.0. The van der Waals surface area contributed by atoms with Gasteiger partial charge in [0.05, 0.1) is 12.6 Å². The van der Waals surface area contributed by atoms with Gasteiger partial charge >= 0.3 is 6.09 Å². The second-order valence-electron chi connectivity index (χ2n) is 7.74. The van der Waals surface area contributed by atoms with Crippen LogP contribution in [0.15, 0.2) is 18.2 Å². The summed E-state index contributed by atoms with van der Waals surface area (Å²) in [4.78, 5) is 16.5. The van der Waals surface area contributed by atoms with E-state index in [1.165, 1.54) is 11.3 Å². The van der Waals surface area contributed by atoms with Crippen molar-refractivity contribution in [2.45, 2.75) is 38.8 Å². The summed E-state index contributed by atoms with van der Waals surface area (Å²) in [5.41, 5.74) is 2.93. The SMILES string of the molecule is CC(C)(C)OC(=O)N1CCc2cc(N3CCNCC3)ccc2C1CO. The Kier molecular flexibility index (Phi) is 5.20. The number of fused-ring (bicyclic) bond motifs is 1. The Balaban J connectivity index is 1.80. The minimum atomic E-state index is -0.538. The predicted molar refractivity (Wildman–Crippen MR) is 98.0 cm³/mol. The largest absolute Gasteiger partial charge is 0.444 e. The molecule has 138 valence electrons. The number of carbonyl (C=O) groups is 1. The lowest BCUT2D eigenvalue weighted by molar-refractivity contribution is 0.00695. The highest BCUT2D eigenvalue weighted by Crippen LogP contribution is 2.33. The molecule has 0 radical (unpaired) electrons. The zero-order valence-corrected chi connectivity index (χ0v) is 15.4. The van der Waals surface area contributed by atoms with Crippen LogP contribution in [0.1, 0.15) is 37.9 Å². The van der Waals surface area contributed by atoms with Crippen LogP contribution >= 0.6 is 0 Å². The monoisotopic (exact) mass is 347 g/mol. The van der Waals surface area contributed by atoms with Gasteiger partial charge in [0.2, 0.25) is 0 Å². The molecule has 0 aromatic heterocycles. The average Bonchev–Trinajstić information content (AvgIpc) is 2.59. The van der Waals surface area contributed by atoms with Gasteiger partial charge in [-0.25, -0.2) is 4.79 Å². The number of nitrogens with one attached hydrogen (secondary N) is 1. The van der Waals surface area contributed by atoms with Crippen LogP contribution in [0, 0.1) is 0 Å². The molecule has 2 aliphatic rings. The molecule has 1 amide bonds. The third-order valence-corrected chi connectivity index (χ3v) is 4.77. The first kappa shape index (κ1) is 18.0. The van der Waals surface area contributed by atoms with Gasteiger partial charge in [-0.05, 0) is 50.5 Å². The standard InChI is InChI=1S/C19H29N3O3/c1-19(2,3)25-18(24)22-9-6-14-12-15(21-10-7-20-8-11-21)4-5-16(14)17(22)13-23/h4-5,12,17,20,23H,6-11,13H2,1-3H3. The highest BCUT2D eigenvalue weighted by molar-refractivity contribution is 5.70. The second-order valence-corrected chi connectivity index (χ2v) is 7.74. The molecule has 0 spiro atoms. The van der Waals surface area contributed by atoms with E-state index in [0.717, 1.165) is 38.2 Å². The van der Waals surface area contributed by atoms with Gasteiger partial charge < -0.3 is 20.1 Å². The third-order valence-electron chi connectivity index (χ3n) is 4.77. The Morgan fingerprint density at radius 3 is 2.64 bits per heavy atom. The molecule has 2 heterocycles. The molecule has 1 aromatic carbocycles. The molecule has 0 aliphatic carbocycles. The highest BCUT2D eigenvalue weighted by atomic mass is 16.6. The molecule has 6 heteroatoms. The van der Waals surface area contributed by atoms with Crippen molar-refractivity contribution >= 4 is 11.8 Å². The Hall–Kier alpha value is -1.79. The van der Waals surface area contributed by atoms with Gasteiger partial charge in [0.1, 0.15) is 5.60 Å². The molecule has 1 fully saturated rings. The van der Waals surface area contributed by atoms with E-state index >= 15 is 0 Å². The lowest BCUT2D eigenvalue weighted by Crippen LogP contribution is -2.45. The van der Waals surface area contributed by atoms with Crippen LogP contribution in [0.5, 0.6) is 0 Å². The normalized spacial score (nSPS) is 21.0. The maximum atomic E-state index is 12.5. The summed E-state index contributed by atoms with van der Waals surface area (Å²) in [5, 5.41) is 13.3. The Bertz CT molecular complexity index is 621. The number of benzene rings is 1. The van der Waals surface area contributed by atoms with E-state index in [4.69, 9.17) is 4.74 Å². The summed E-state index contributed by atoms with van der Waals surface area (Å²) in [5.74, 6) is 0. The lowest BCUT2D eigenvalue weighted by Gasteiger charge is -2.38. The van der Waals surface area contributed by atoms with Crippen molar-refractivity contribution in [3.8, 4) is 0 Å². The maximum Gasteiger partial charge on any atom is 0.410 e. The summed E-state index contributed by atoms with van der Waals surface area (Å²) in [6.07, 6.45) is 0.425. The smallest absolute Gasteiger partial charge is 0.410 e. The van der Waals surface area contributed by atoms with E-state index in [1.54, 1.807) is 4.90 Å². The number of anilines is 1. The average molecular weight is 347 g/mol. The van der Waals surface area contributed by atoms with Gasteiger partial charge in [0, 0.05) is 38.4 Å². The van der Waals surface area contributed by atoms with Crippen molar-refractivity contribution in [1.29, 1.82) is 0 Å². The van der Waals surface area contributed by atoms with Gasteiger partial charge in [-0.15, -0.1) is 0 Å². The molecule has 1 unspecified atom stereocenters. The van der Waals surface area contributed by atoms with Crippen molar-refractivity contribution < 1.29 is 14.6 Å². The van der Waals surface area contributed by atoms with Crippen molar-refractivity contribution in [2.75, 3.05) is 44.2 Å². The van der Waals surface area contributed by atoms with Crippen LogP contribution in [0.4, 0.5) is 10.5 Å². The number of aliphatic hydroxyl groups is 1. The second kappa shape index (κ2) is 7.22. The van der Waals surface area contributed by atoms with E-state index in [2.05, 4.69) is 28.4 Å². The number of amides is 1. The maximum absolute atomic E-state index is 12.5. The van der Waals surface area contributed by atoms with E-state index in [0.29, 0.717) is 6.54 Å². The van der Waals surface area contributed by atoms with Gasteiger partial charge in [-0.3, -0.25) is 4.90 Å². The number of ether oxygens (including phenoxy) is 1. The van der Waals surface area contributed by atoms with Gasteiger partial charge in [-0.1, -0.05) is 6.07 Å². The van der Waals surface area contributed by atoms with Crippen LogP contribution in [0.2, 0.25) is 0 Å². The molecule has 2 N–H and O–H groups in total. The molecule has 2 aliphatic heterocycles.